The highest BCUT2D eigenvalue weighted by Crippen LogP contribution is 2.30. The van der Waals surface area contributed by atoms with Gasteiger partial charge in [-0.1, -0.05) is 24.6 Å². The number of aromatic nitrogens is 1. The molecule has 6 heteroatoms. The number of carbonyl (C=O) groups excluding carboxylic acids is 1. The summed E-state index contributed by atoms with van der Waals surface area (Å²) >= 11 is 6.14. The fraction of sp³-hybridized carbons (Fsp3) is 0.368. The predicted octanol–water partition coefficient (Wildman–Crippen LogP) is 4.43. The predicted molar refractivity (Wildman–Crippen MR) is 98.7 cm³/mol. The first-order chi connectivity index (χ1) is 12.1. The quantitative estimate of drug-likeness (QED) is 0.768. The molecule has 1 N–H and O–H groups in total. The molecule has 1 fully saturated rings. The molecule has 0 saturated carbocycles. The number of pyridine rings is 1. The van der Waals surface area contributed by atoms with Gasteiger partial charge < -0.3 is 10.1 Å². The molecule has 3 rings (SSSR count). The van der Waals surface area contributed by atoms with Crippen molar-refractivity contribution in [3.63, 3.8) is 0 Å². The molecule has 4 nitrogen and oxygen atoms in total. The number of nitrogens with zero attached hydrogens (tertiary/aromatic N) is 1. The van der Waals surface area contributed by atoms with E-state index in [1.165, 1.54) is 6.20 Å². The highest BCUT2D eigenvalue weighted by Gasteiger charge is 2.26. The number of hydrogen-bond acceptors (Lipinski definition) is 4. The van der Waals surface area contributed by atoms with Crippen LogP contribution in [0, 0.1) is 5.82 Å². The number of carbonyl (C=O) groups is 1. The summed E-state index contributed by atoms with van der Waals surface area (Å²) in [6.45, 7) is 3.30. The van der Waals surface area contributed by atoms with E-state index in [0.29, 0.717) is 30.8 Å². The van der Waals surface area contributed by atoms with Crippen molar-refractivity contribution in [3.8, 4) is 0 Å². The molecule has 1 aliphatic rings. The number of nitrogens with one attached hydrogen (secondary N) is 1. The van der Waals surface area contributed by atoms with Crippen LogP contribution in [-0.2, 0) is 4.74 Å². The number of benzene rings is 1. The molecular weight excluding hydrogens is 343 g/mol. The van der Waals surface area contributed by atoms with E-state index >= 15 is 4.39 Å². The van der Waals surface area contributed by atoms with Gasteiger partial charge in [0.2, 0.25) is 0 Å². The van der Waals surface area contributed by atoms with Crippen molar-refractivity contribution in [1.29, 1.82) is 0 Å². The summed E-state index contributed by atoms with van der Waals surface area (Å²) in [6.07, 6.45) is 4.56. The van der Waals surface area contributed by atoms with E-state index in [1.807, 2.05) is 6.92 Å². The second-order valence-electron chi connectivity index (χ2n) is 6.08. The maximum absolute atomic E-state index is 15.2. The lowest BCUT2D eigenvalue weighted by Gasteiger charge is -2.23. The van der Waals surface area contributed by atoms with Gasteiger partial charge in [0, 0.05) is 45.1 Å². The Labute approximate surface area is 154 Å². The standard InChI is InChI=1S/C19H20ClFN2O2.2H2/c1-2-16(23-13-7-9-25-11-13)14-5-6-15(20)17(18(14)21)19(24)12-4-3-8-22-10-12;;/h3-6,8,10,13,16,23H,2,7,9,11H2,1H3;2*1H/t13-,16+;;/m0../s1. The molecule has 25 heavy (non-hydrogen) atoms. The minimum Gasteiger partial charge on any atom is -0.380 e. The zero-order valence-corrected chi connectivity index (χ0v) is 14.7. The number of halogens is 2. The zero-order chi connectivity index (χ0) is 17.8. The van der Waals surface area contributed by atoms with E-state index in [9.17, 15) is 4.79 Å². The average molecular weight is 367 g/mol. The summed E-state index contributed by atoms with van der Waals surface area (Å²) in [5, 5.41) is 3.52. The van der Waals surface area contributed by atoms with E-state index < -0.39 is 11.6 Å². The Morgan fingerprint density at radius 2 is 2.36 bits per heavy atom. The van der Waals surface area contributed by atoms with E-state index in [4.69, 9.17) is 16.3 Å². The van der Waals surface area contributed by atoms with Gasteiger partial charge in [-0.25, -0.2) is 4.39 Å². The Kier molecular flexibility index (Phi) is 5.78. The number of rotatable bonds is 6. The van der Waals surface area contributed by atoms with Gasteiger partial charge in [0.05, 0.1) is 17.2 Å². The first-order valence-electron chi connectivity index (χ1n) is 8.38. The lowest BCUT2D eigenvalue weighted by atomic mass is 9.96. The Morgan fingerprint density at radius 3 is 3.00 bits per heavy atom. The lowest BCUT2D eigenvalue weighted by molar-refractivity contribution is 0.103. The second-order valence-corrected chi connectivity index (χ2v) is 6.49. The van der Waals surface area contributed by atoms with Crippen LogP contribution in [0.2, 0.25) is 5.02 Å². The van der Waals surface area contributed by atoms with Gasteiger partial charge in [-0.15, -0.1) is 0 Å². The van der Waals surface area contributed by atoms with Crippen LogP contribution in [0.5, 0.6) is 0 Å². The lowest BCUT2D eigenvalue weighted by Crippen LogP contribution is -2.33. The molecule has 136 valence electrons. The molecule has 1 aromatic heterocycles. The van der Waals surface area contributed by atoms with E-state index in [-0.39, 0.29) is 25.5 Å². The number of hydrogen-bond donors (Lipinski definition) is 1. The van der Waals surface area contributed by atoms with Crippen LogP contribution in [0.15, 0.2) is 36.7 Å². The highest BCUT2D eigenvalue weighted by molar-refractivity contribution is 6.35. The summed E-state index contributed by atoms with van der Waals surface area (Å²) in [6, 6.07) is 6.46. The van der Waals surface area contributed by atoms with Crippen molar-refractivity contribution in [1.82, 2.24) is 10.3 Å². The van der Waals surface area contributed by atoms with Crippen molar-refractivity contribution in [2.45, 2.75) is 31.8 Å². The first kappa shape index (κ1) is 18.0. The summed E-state index contributed by atoms with van der Waals surface area (Å²) in [7, 11) is 0. The van der Waals surface area contributed by atoms with Crippen LogP contribution in [0.25, 0.3) is 0 Å². The van der Waals surface area contributed by atoms with Gasteiger partial charge in [0.1, 0.15) is 5.82 Å². The number of ketones is 1. The van der Waals surface area contributed by atoms with E-state index in [2.05, 4.69) is 10.3 Å². The first-order valence-corrected chi connectivity index (χ1v) is 8.76. The Hall–Kier alpha value is -1.82. The van der Waals surface area contributed by atoms with E-state index in [0.717, 1.165) is 6.42 Å². The fourth-order valence-corrected chi connectivity index (χ4v) is 3.30. The maximum atomic E-state index is 15.2. The monoisotopic (exact) mass is 366 g/mol. The smallest absolute Gasteiger partial charge is 0.199 e. The molecule has 2 aromatic rings. The molecule has 1 saturated heterocycles. The Balaban J connectivity index is 0.00000182. The summed E-state index contributed by atoms with van der Waals surface area (Å²) < 4.78 is 20.6. The Morgan fingerprint density at radius 1 is 1.52 bits per heavy atom. The van der Waals surface area contributed by atoms with Crippen molar-refractivity contribution in [3.05, 3.63) is 64.2 Å². The van der Waals surface area contributed by atoms with Gasteiger partial charge in [0.25, 0.3) is 0 Å². The van der Waals surface area contributed by atoms with Gasteiger partial charge >= 0.3 is 0 Å². The molecule has 1 aromatic carbocycles. The summed E-state index contributed by atoms with van der Waals surface area (Å²) in [4.78, 5) is 16.6. The van der Waals surface area contributed by atoms with Gasteiger partial charge in [-0.2, -0.15) is 0 Å². The second kappa shape index (κ2) is 8.04. The molecule has 0 radical (unpaired) electrons. The molecule has 0 aliphatic carbocycles. The van der Waals surface area contributed by atoms with Crippen molar-refractivity contribution >= 4 is 17.4 Å². The summed E-state index contributed by atoms with van der Waals surface area (Å²) in [5.41, 5.74) is 0.659. The minimum atomic E-state index is -0.570. The third-order valence-corrected chi connectivity index (χ3v) is 4.74. The van der Waals surface area contributed by atoms with E-state index in [1.54, 1.807) is 30.5 Å². The third kappa shape index (κ3) is 3.89. The zero-order valence-electron chi connectivity index (χ0n) is 14.0. The molecule has 0 unspecified atom stereocenters. The highest BCUT2D eigenvalue weighted by atomic mass is 35.5. The maximum Gasteiger partial charge on any atom is 0.199 e. The molecular formula is C19H24ClFN2O2. The van der Waals surface area contributed by atoms with Crippen LogP contribution in [0.3, 0.4) is 0 Å². The molecule has 0 spiro atoms. The third-order valence-electron chi connectivity index (χ3n) is 4.42. The molecule has 2 heterocycles. The van der Waals surface area contributed by atoms with Crippen LogP contribution in [0.4, 0.5) is 4.39 Å². The average Bonchev–Trinajstić information content (AvgIpc) is 3.14. The van der Waals surface area contributed by atoms with Crippen LogP contribution >= 0.6 is 11.6 Å². The van der Waals surface area contributed by atoms with Gasteiger partial charge in [0.15, 0.2) is 5.78 Å². The van der Waals surface area contributed by atoms with Crippen LogP contribution in [-0.4, -0.2) is 30.0 Å². The van der Waals surface area contributed by atoms with Crippen molar-refractivity contribution < 1.29 is 16.8 Å². The summed E-state index contributed by atoms with van der Waals surface area (Å²) in [5.74, 6) is -1.03. The molecule has 1 aliphatic heterocycles. The van der Waals surface area contributed by atoms with Gasteiger partial charge in [-0.3, -0.25) is 9.78 Å². The molecule has 0 amide bonds. The SMILES string of the molecule is CC[C@@H](N[C@H]1CCOC1)c1ccc(Cl)c(C(=O)c2cccnc2)c1F.[HH].[HH]. The normalized spacial score (nSPS) is 18.3. The molecule has 0 bridgehead atoms. The van der Waals surface area contributed by atoms with Crippen LogP contribution in [0.1, 0.15) is 50.1 Å². The minimum absolute atomic E-state index is 0. The van der Waals surface area contributed by atoms with Crippen molar-refractivity contribution in [2.75, 3.05) is 13.2 Å². The number of ether oxygens (including phenoxy) is 1. The van der Waals surface area contributed by atoms with Crippen molar-refractivity contribution in [2.24, 2.45) is 0 Å². The topological polar surface area (TPSA) is 51.2 Å². The Bertz CT molecular complexity index is 759. The molecule has 2 atom stereocenters. The van der Waals surface area contributed by atoms with Crippen LogP contribution < -0.4 is 5.32 Å². The van der Waals surface area contributed by atoms with Gasteiger partial charge in [-0.05, 0) is 31.0 Å². The fourth-order valence-electron chi connectivity index (χ4n) is 3.07. The largest absolute Gasteiger partial charge is 0.380 e.